The highest BCUT2D eigenvalue weighted by Crippen LogP contribution is 2.32. The molecule has 34 heavy (non-hydrogen) atoms. The lowest BCUT2D eigenvalue weighted by Gasteiger charge is -2.17. The van der Waals surface area contributed by atoms with Gasteiger partial charge in [-0.15, -0.1) is 0 Å². The van der Waals surface area contributed by atoms with Crippen LogP contribution in [0.4, 0.5) is 10.6 Å². The zero-order valence-corrected chi connectivity index (χ0v) is 18.7. The topological polar surface area (TPSA) is 115 Å². The van der Waals surface area contributed by atoms with Gasteiger partial charge in [-0.2, -0.15) is 0 Å². The molecule has 0 saturated carbocycles. The van der Waals surface area contributed by atoms with Gasteiger partial charge in [-0.05, 0) is 49.4 Å². The number of carbonyl (C=O) groups is 2. The highest BCUT2D eigenvalue weighted by atomic mass is 16.6. The van der Waals surface area contributed by atoms with Crippen LogP contribution in [0.25, 0.3) is 10.9 Å². The lowest BCUT2D eigenvalue weighted by atomic mass is 10.0. The largest absolute Gasteiger partial charge is 0.497 e. The number of anilines is 1. The Hall–Kier alpha value is -3.92. The summed E-state index contributed by atoms with van der Waals surface area (Å²) in [4.78, 5) is 34.4. The number of rotatable bonds is 8. The smallest absolute Gasteiger partial charge is 0.410 e. The Morgan fingerprint density at radius 3 is 3.03 bits per heavy atom. The number of hydrogen-bond donors (Lipinski definition) is 2. The van der Waals surface area contributed by atoms with Crippen LogP contribution in [-0.4, -0.2) is 60.2 Å². The first kappa shape index (κ1) is 21.9. The number of nitrogens with zero attached hydrogens (tertiary/aromatic N) is 3. The van der Waals surface area contributed by atoms with Crippen LogP contribution < -0.4 is 20.1 Å². The fourth-order valence-corrected chi connectivity index (χ4v) is 4.12. The molecular formula is C24H25N5O5. The van der Waals surface area contributed by atoms with Crippen LogP contribution in [0.2, 0.25) is 0 Å². The van der Waals surface area contributed by atoms with Gasteiger partial charge in [0.25, 0.3) is 5.91 Å². The van der Waals surface area contributed by atoms with E-state index in [-0.39, 0.29) is 24.7 Å². The average molecular weight is 463 g/mol. The molecule has 2 aromatic heterocycles. The first-order valence-electron chi connectivity index (χ1n) is 11.1. The summed E-state index contributed by atoms with van der Waals surface area (Å²) in [5, 5.41) is 6.95. The van der Waals surface area contributed by atoms with E-state index in [4.69, 9.17) is 14.2 Å². The minimum absolute atomic E-state index is 0.0116. The molecule has 1 fully saturated rings. The van der Waals surface area contributed by atoms with Crippen molar-refractivity contribution in [2.24, 2.45) is 0 Å². The molecule has 2 aliphatic heterocycles. The summed E-state index contributed by atoms with van der Waals surface area (Å²) < 4.78 is 16.3. The summed E-state index contributed by atoms with van der Waals surface area (Å²) in [7, 11) is 1.62. The first-order chi connectivity index (χ1) is 16.6. The zero-order valence-electron chi connectivity index (χ0n) is 18.7. The van der Waals surface area contributed by atoms with E-state index in [1.807, 2.05) is 30.3 Å². The van der Waals surface area contributed by atoms with Crippen LogP contribution in [-0.2, 0) is 16.1 Å². The van der Waals surface area contributed by atoms with Crippen LogP contribution >= 0.6 is 0 Å². The highest BCUT2D eigenvalue weighted by Gasteiger charge is 2.33. The van der Waals surface area contributed by atoms with Crippen molar-refractivity contribution in [1.29, 1.82) is 0 Å². The molecule has 1 saturated heterocycles. The predicted molar refractivity (Wildman–Crippen MR) is 124 cm³/mol. The molecule has 1 aromatic carbocycles. The second-order valence-electron chi connectivity index (χ2n) is 8.12. The van der Waals surface area contributed by atoms with Crippen molar-refractivity contribution in [3.05, 3.63) is 53.9 Å². The second kappa shape index (κ2) is 9.52. The Bertz CT molecular complexity index is 1230. The van der Waals surface area contributed by atoms with E-state index in [0.29, 0.717) is 37.7 Å². The van der Waals surface area contributed by atoms with Crippen molar-refractivity contribution >= 4 is 28.7 Å². The highest BCUT2D eigenvalue weighted by molar-refractivity contribution is 5.94. The van der Waals surface area contributed by atoms with Crippen LogP contribution in [0.1, 0.15) is 23.8 Å². The molecule has 0 aliphatic carbocycles. The molecule has 2 aliphatic rings. The molecule has 0 unspecified atom stereocenters. The Labute approximate surface area is 196 Å². The average Bonchev–Trinajstić information content (AvgIpc) is 3.22. The molecule has 2 N–H and O–H groups in total. The van der Waals surface area contributed by atoms with E-state index in [0.717, 1.165) is 34.3 Å². The number of nitrogens with one attached hydrogen (secondary N) is 2. The lowest BCUT2D eigenvalue weighted by molar-refractivity contribution is -0.118. The molecule has 5 rings (SSSR count). The van der Waals surface area contributed by atoms with Gasteiger partial charge in [-0.25, -0.2) is 9.78 Å². The van der Waals surface area contributed by atoms with Crippen molar-refractivity contribution < 1.29 is 23.8 Å². The van der Waals surface area contributed by atoms with Gasteiger partial charge in [-0.1, -0.05) is 0 Å². The molecule has 0 bridgehead atoms. The molecule has 0 radical (unpaired) electrons. The number of carbonyl (C=O) groups excluding carboxylic acids is 2. The molecule has 3 aromatic rings. The second-order valence-corrected chi connectivity index (χ2v) is 8.12. The monoisotopic (exact) mass is 463 g/mol. The van der Waals surface area contributed by atoms with Gasteiger partial charge in [-0.3, -0.25) is 9.78 Å². The SMILES string of the molecule is COc1ccc2nccc([C@@H]3CN(CCCNCc4ccc5c(n4)NC(=O)CO5)C(=O)O3)c2c1. The molecule has 1 atom stereocenters. The van der Waals surface area contributed by atoms with Gasteiger partial charge in [0.2, 0.25) is 0 Å². The maximum absolute atomic E-state index is 12.5. The fourth-order valence-electron chi connectivity index (χ4n) is 4.12. The van der Waals surface area contributed by atoms with Gasteiger partial charge < -0.3 is 29.7 Å². The van der Waals surface area contributed by atoms with Crippen molar-refractivity contribution in [2.75, 3.05) is 38.7 Å². The predicted octanol–water partition coefficient (Wildman–Crippen LogP) is 2.64. The normalized spacial score (nSPS) is 17.2. The number of cyclic esters (lactones) is 1. The fraction of sp³-hybridized carbons (Fsp3) is 0.333. The van der Waals surface area contributed by atoms with Crippen LogP contribution in [0.5, 0.6) is 11.5 Å². The maximum atomic E-state index is 12.5. The summed E-state index contributed by atoms with van der Waals surface area (Å²) in [6, 6.07) is 11.2. The van der Waals surface area contributed by atoms with E-state index in [2.05, 4.69) is 20.6 Å². The standard InChI is InChI=1S/C24H25N5O5/c1-32-16-4-5-19-18(11-16)17(7-9-26-19)21-13-29(24(31)34-21)10-2-8-25-12-15-3-6-20-23(27-15)28-22(30)14-33-20/h3-7,9,11,21,25H,2,8,10,12-14H2,1H3,(H,27,28,30)/t21-/m0/s1. The van der Waals surface area contributed by atoms with E-state index < -0.39 is 0 Å². The molecule has 4 heterocycles. The Kier molecular flexibility index (Phi) is 6.13. The number of fused-ring (bicyclic) bond motifs is 2. The van der Waals surface area contributed by atoms with Gasteiger partial charge >= 0.3 is 6.09 Å². The molecule has 176 valence electrons. The quantitative estimate of drug-likeness (QED) is 0.490. The summed E-state index contributed by atoms with van der Waals surface area (Å²) in [5.74, 6) is 1.55. The number of amides is 2. The van der Waals surface area contributed by atoms with E-state index in [1.165, 1.54) is 0 Å². The molecular weight excluding hydrogens is 438 g/mol. The lowest BCUT2D eigenvalue weighted by Crippen LogP contribution is -2.28. The molecule has 10 heteroatoms. The third-order valence-electron chi connectivity index (χ3n) is 5.84. The van der Waals surface area contributed by atoms with Crippen LogP contribution in [0.15, 0.2) is 42.6 Å². The summed E-state index contributed by atoms with van der Waals surface area (Å²) in [5.41, 5.74) is 2.55. The number of benzene rings is 1. The number of pyridine rings is 2. The van der Waals surface area contributed by atoms with E-state index >= 15 is 0 Å². The summed E-state index contributed by atoms with van der Waals surface area (Å²) in [6.45, 7) is 2.32. The van der Waals surface area contributed by atoms with E-state index in [9.17, 15) is 9.59 Å². The van der Waals surface area contributed by atoms with Crippen molar-refractivity contribution in [3.63, 3.8) is 0 Å². The maximum Gasteiger partial charge on any atom is 0.410 e. The number of methoxy groups -OCH3 is 1. The van der Waals surface area contributed by atoms with Gasteiger partial charge in [0.1, 0.15) is 11.9 Å². The van der Waals surface area contributed by atoms with Gasteiger partial charge in [0.05, 0.1) is 24.9 Å². The Morgan fingerprint density at radius 1 is 1.24 bits per heavy atom. The van der Waals surface area contributed by atoms with Crippen molar-refractivity contribution in [1.82, 2.24) is 20.2 Å². The minimum Gasteiger partial charge on any atom is -0.497 e. The number of aromatic nitrogens is 2. The third-order valence-corrected chi connectivity index (χ3v) is 5.84. The number of ether oxygens (including phenoxy) is 3. The van der Waals surface area contributed by atoms with Crippen molar-refractivity contribution in [3.8, 4) is 11.5 Å². The summed E-state index contributed by atoms with van der Waals surface area (Å²) >= 11 is 0. The van der Waals surface area contributed by atoms with Crippen molar-refractivity contribution in [2.45, 2.75) is 19.1 Å². The number of hydrogen-bond acceptors (Lipinski definition) is 8. The minimum atomic E-state index is -0.352. The van der Waals surface area contributed by atoms with Gasteiger partial charge in [0.15, 0.2) is 18.2 Å². The molecule has 10 nitrogen and oxygen atoms in total. The molecule has 2 amide bonds. The van der Waals surface area contributed by atoms with E-state index in [1.54, 1.807) is 24.3 Å². The zero-order chi connectivity index (χ0) is 23.5. The van der Waals surface area contributed by atoms with Gasteiger partial charge in [0, 0.05) is 30.2 Å². The van der Waals surface area contributed by atoms with Crippen LogP contribution in [0, 0.1) is 0 Å². The molecule has 0 spiro atoms. The van der Waals surface area contributed by atoms with Crippen LogP contribution in [0.3, 0.4) is 0 Å². The first-order valence-corrected chi connectivity index (χ1v) is 11.1. The summed E-state index contributed by atoms with van der Waals surface area (Å²) in [6.07, 6.45) is 1.83. The third kappa shape index (κ3) is 4.58. The Morgan fingerprint density at radius 2 is 2.15 bits per heavy atom. The Balaban J connectivity index is 1.13.